The number of thiazole rings is 1. The van der Waals surface area contributed by atoms with E-state index in [2.05, 4.69) is 25.1 Å². The van der Waals surface area contributed by atoms with Gasteiger partial charge in [0.05, 0.1) is 17.1 Å². The van der Waals surface area contributed by atoms with E-state index in [-0.39, 0.29) is 11.4 Å². The lowest BCUT2D eigenvalue weighted by molar-refractivity contribution is -0.274. The zero-order valence-electron chi connectivity index (χ0n) is 17.2. The van der Waals surface area contributed by atoms with Gasteiger partial charge in [0.25, 0.3) is 5.91 Å². The van der Waals surface area contributed by atoms with Crippen molar-refractivity contribution >= 4 is 27.1 Å². The van der Waals surface area contributed by atoms with Gasteiger partial charge < -0.3 is 10.1 Å². The summed E-state index contributed by atoms with van der Waals surface area (Å²) in [5.41, 5.74) is -0.368. The van der Waals surface area contributed by atoms with Crippen LogP contribution in [0.3, 0.4) is 0 Å². The van der Waals surface area contributed by atoms with Gasteiger partial charge in [-0.3, -0.25) is 4.79 Å². The number of alkyl halides is 3. The van der Waals surface area contributed by atoms with Crippen molar-refractivity contribution < 1.29 is 31.1 Å². The summed E-state index contributed by atoms with van der Waals surface area (Å²) >= 11 is 1.04. The molecule has 174 valence electrons. The number of hydrogen-bond donors (Lipinski definition) is 1. The Balaban J connectivity index is 1.93. The average molecular weight is 500 g/mol. The van der Waals surface area contributed by atoms with Gasteiger partial charge in [-0.2, -0.15) is 9.94 Å². The summed E-state index contributed by atoms with van der Waals surface area (Å²) in [6, 6.07) is 3.53. The van der Waals surface area contributed by atoms with Gasteiger partial charge >= 0.3 is 6.36 Å². The molecule has 3 aromatic rings. The highest BCUT2D eigenvalue weighted by Gasteiger charge is 2.32. The van der Waals surface area contributed by atoms with Crippen LogP contribution in [-0.2, 0) is 9.84 Å². The third-order valence-corrected chi connectivity index (χ3v) is 6.03. The van der Waals surface area contributed by atoms with Crippen molar-refractivity contribution in [1.29, 1.82) is 5.26 Å². The Morgan fingerprint density at radius 3 is 2.61 bits per heavy atom. The molecule has 0 unspecified atom stereocenters. The second kappa shape index (κ2) is 8.79. The molecule has 1 atom stereocenters. The fourth-order valence-corrected chi connectivity index (χ4v) is 4.07. The Hall–Kier alpha value is -3.51. The summed E-state index contributed by atoms with van der Waals surface area (Å²) in [6.45, 7) is 3.15. The van der Waals surface area contributed by atoms with Gasteiger partial charge in [-0.1, -0.05) is 11.3 Å². The molecule has 0 fully saturated rings. The lowest BCUT2D eigenvalue weighted by atomic mass is 10.2. The number of benzene rings is 1. The molecule has 1 aromatic carbocycles. The van der Waals surface area contributed by atoms with Crippen molar-refractivity contribution in [2.24, 2.45) is 0 Å². The van der Waals surface area contributed by atoms with Crippen molar-refractivity contribution in [1.82, 2.24) is 25.1 Å². The monoisotopic (exact) mass is 500 g/mol. The second-order valence-corrected chi connectivity index (χ2v) is 9.78. The number of aryl methyl sites for hydroxylation is 1. The summed E-state index contributed by atoms with van der Waals surface area (Å²) in [5.74, 6) is -1.14. The molecule has 0 spiro atoms. The quantitative estimate of drug-likeness (QED) is 0.545. The predicted octanol–water partition coefficient (Wildman–Crippen LogP) is 2.70. The molecule has 0 aliphatic carbocycles. The van der Waals surface area contributed by atoms with Crippen molar-refractivity contribution in [3.63, 3.8) is 0 Å². The van der Waals surface area contributed by atoms with Gasteiger partial charge in [0.2, 0.25) is 5.13 Å². The van der Waals surface area contributed by atoms with Crippen LogP contribution in [0.5, 0.6) is 5.75 Å². The van der Waals surface area contributed by atoms with Gasteiger partial charge in [-0.25, -0.2) is 18.4 Å². The van der Waals surface area contributed by atoms with Crippen molar-refractivity contribution in [2.45, 2.75) is 31.1 Å². The van der Waals surface area contributed by atoms with Gasteiger partial charge in [-0.15, -0.1) is 18.3 Å². The number of nitrogens with zero attached hydrogens (tertiary/aromatic N) is 5. The molecule has 15 heteroatoms. The van der Waals surface area contributed by atoms with E-state index in [0.29, 0.717) is 21.9 Å². The van der Waals surface area contributed by atoms with Crippen LogP contribution in [0.1, 0.15) is 39.8 Å². The summed E-state index contributed by atoms with van der Waals surface area (Å²) in [7, 11) is -3.94. The predicted molar refractivity (Wildman–Crippen MR) is 109 cm³/mol. The highest BCUT2D eigenvalue weighted by atomic mass is 32.2. The van der Waals surface area contributed by atoms with E-state index in [1.54, 1.807) is 13.8 Å². The zero-order valence-corrected chi connectivity index (χ0v) is 18.8. The standard InChI is InChI=1S/C18H15F3N6O4S2/c1-9(15-25-10(2)26-27(15)17-23-8-13(7-22)32-17)24-16(28)11-4-12(31-18(19,20)21)6-14(5-11)33(3,29)30/h4-6,8-9H,1-3H3,(H,24,28)/t9-/m0/s1. The largest absolute Gasteiger partial charge is 0.573 e. The molecule has 0 saturated carbocycles. The normalized spacial score (nSPS) is 12.8. The zero-order chi connectivity index (χ0) is 24.6. The van der Waals surface area contributed by atoms with Gasteiger partial charge in [0.15, 0.2) is 15.7 Å². The van der Waals surface area contributed by atoms with E-state index in [4.69, 9.17) is 5.26 Å². The Morgan fingerprint density at radius 1 is 1.33 bits per heavy atom. The number of nitrogens with one attached hydrogen (secondary N) is 1. The van der Waals surface area contributed by atoms with Crippen LogP contribution in [0.25, 0.3) is 5.13 Å². The Kier molecular flexibility index (Phi) is 6.43. The maximum Gasteiger partial charge on any atom is 0.573 e. The fourth-order valence-electron chi connectivity index (χ4n) is 2.72. The van der Waals surface area contributed by atoms with Crippen LogP contribution in [-0.4, -0.2) is 46.7 Å². The van der Waals surface area contributed by atoms with Crippen LogP contribution < -0.4 is 10.1 Å². The maximum atomic E-state index is 12.8. The van der Waals surface area contributed by atoms with Crippen molar-refractivity contribution in [2.75, 3.05) is 6.26 Å². The number of carbonyl (C=O) groups excluding carboxylic acids is 1. The van der Waals surface area contributed by atoms with E-state index in [9.17, 15) is 26.4 Å². The number of aromatic nitrogens is 4. The van der Waals surface area contributed by atoms with Crippen LogP contribution in [0.15, 0.2) is 29.3 Å². The second-order valence-electron chi connectivity index (χ2n) is 6.76. The van der Waals surface area contributed by atoms with Gasteiger partial charge in [0, 0.05) is 11.8 Å². The Bertz CT molecular complexity index is 1360. The molecule has 0 aliphatic heterocycles. The third kappa shape index (κ3) is 5.84. The smallest absolute Gasteiger partial charge is 0.406 e. The summed E-state index contributed by atoms with van der Waals surface area (Å²) in [4.78, 5) is 20.9. The number of amides is 1. The van der Waals surface area contributed by atoms with E-state index in [1.807, 2.05) is 6.07 Å². The molecule has 10 nitrogen and oxygen atoms in total. The molecule has 2 aromatic heterocycles. The molecule has 0 radical (unpaired) electrons. The first-order valence-electron chi connectivity index (χ1n) is 8.98. The molecule has 33 heavy (non-hydrogen) atoms. The average Bonchev–Trinajstić information content (AvgIpc) is 3.31. The number of sulfone groups is 1. The minimum absolute atomic E-state index is 0.241. The molecule has 1 N–H and O–H groups in total. The number of rotatable bonds is 6. The van der Waals surface area contributed by atoms with E-state index in [1.165, 1.54) is 10.9 Å². The Labute approximate surface area is 189 Å². The highest BCUT2D eigenvalue weighted by molar-refractivity contribution is 7.90. The lowest BCUT2D eigenvalue weighted by Crippen LogP contribution is -2.29. The number of carbonyl (C=O) groups is 1. The van der Waals surface area contributed by atoms with E-state index >= 15 is 0 Å². The lowest BCUT2D eigenvalue weighted by Gasteiger charge is -2.15. The first-order chi connectivity index (χ1) is 15.3. The van der Waals surface area contributed by atoms with Crippen LogP contribution in [0.2, 0.25) is 0 Å². The molecular weight excluding hydrogens is 485 g/mol. The molecule has 0 bridgehead atoms. The first kappa shape index (κ1) is 24.1. The molecule has 1 amide bonds. The van der Waals surface area contributed by atoms with Gasteiger partial charge in [0.1, 0.15) is 22.5 Å². The van der Waals surface area contributed by atoms with Crippen LogP contribution in [0, 0.1) is 18.3 Å². The number of ether oxygens (including phenoxy) is 1. The minimum Gasteiger partial charge on any atom is -0.406 e. The molecule has 0 saturated heterocycles. The summed E-state index contributed by atoms with van der Waals surface area (Å²) < 4.78 is 66.9. The molecule has 0 aliphatic rings. The van der Waals surface area contributed by atoms with Crippen LogP contribution >= 0.6 is 11.3 Å². The van der Waals surface area contributed by atoms with Crippen molar-refractivity contribution in [3.05, 3.63) is 46.5 Å². The third-order valence-electron chi connectivity index (χ3n) is 4.06. The molecule has 2 heterocycles. The first-order valence-corrected chi connectivity index (χ1v) is 11.7. The van der Waals surface area contributed by atoms with Crippen molar-refractivity contribution in [3.8, 4) is 17.0 Å². The topological polar surface area (TPSA) is 140 Å². The maximum absolute atomic E-state index is 12.8. The number of hydrogen-bond acceptors (Lipinski definition) is 9. The molecule has 3 rings (SSSR count). The Morgan fingerprint density at radius 2 is 2.03 bits per heavy atom. The van der Waals surface area contributed by atoms with E-state index in [0.717, 1.165) is 29.7 Å². The summed E-state index contributed by atoms with van der Waals surface area (Å²) in [5, 5.41) is 16.1. The molecular formula is C18H15F3N6O4S2. The van der Waals surface area contributed by atoms with Crippen LogP contribution in [0.4, 0.5) is 13.2 Å². The SMILES string of the molecule is Cc1nc([C@H](C)NC(=O)c2cc(OC(F)(F)F)cc(S(C)(=O)=O)c2)n(-c2ncc(C#N)s2)n1. The highest BCUT2D eigenvalue weighted by Crippen LogP contribution is 2.27. The summed E-state index contributed by atoms with van der Waals surface area (Å²) in [6.07, 6.45) is -2.94. The number of nitriles is 1. The fraction of sp³-hybridized carbons (Fsp3) is 0.278. The van der Waals surface area contributed by atoms with Gasteiger partial charge in [-0.05, 0) is 32.0 Å². The minimum atomic E-state index is -5.08. The number of halogens is 3. The van der Waals surface area contributed by atoms with E-state index < -0.39 is 38.8 Å².